The number of hydrogen-bond donors (Lipinski definition) is 5. The fourth-order valence-electron chi connectivity index (χ4n) is 7.90. The molecular weight excluding hydrogens is 661 g/mol. The van der Waals surface area contributed by atoms with Crippen LogP contribution in [-0.4, -0.2) is 35.3 Å². The summed E-state index contributed by atoms with van der Waals surface area (Å²) in [6.45, 7) is 0. The molecule has 7 heteroatoms. The highest BCUT2D eigenvalue weighted by Gasteiger charge is 2.46. The zero-order valence-electron chi connectivity index (χ0n) is 29.1. The van der Waals surface area contributed by atoms with Gasteiger partial charge in [-0.2, -0.15) is 10.4 Å². The minimum Gasteiger partial charge on any atom is -0.406 e. The first kappa shape index (κ1) is 34.2. The van der Waals surface area contributed by atoms with Gasteiger partial charge in [0.15, 0.2) is 11.7 Å². The van der Waals surface area contributed by atoms with Crippen molar-refractivity contribution in [3.63, 3.8) is 0 Å². The third kappa shape index (κ3) is 6.99. The van der Waals surface area contributed by atoms with Crippen molar-refractivity contribution in [2.45, 2.75) is 56.5 Å². The summed E-state index contributed by atoms with van der Waals surface area (Å²) in [6.07, 6.45) is 9.78. The zero-order valence-corrected chi connectivity index (χ0v) is 30.1. The van der Waals surface area contributed by atoms with E-state index in [2.05, 4.69) is 108 Å². The molecule has 1 saturated carbocycles. The molecule has 6 aromatic carbocycles. The van der Waals surface area contributed by atoms with Crippen molar-refractivity contribution in [2.24, 2.45) is 0 Å². The van der Waals surface area contributed by atoms with Gasteiger partial charge in [-0.15, -0.1) is 0 Å². The molecule has 2 aliphatic rings. The van der Waals surface area contributed by atoms with Crippen LogP contribution >= 0.6 is 0 Å². The van der Waals surface area contributed by atoms with Gasteiger partial charge in [0.2, 0.25) is 0 Å². The second kappa shape index (κ2) is 14.6. The maximum absolute atomic E-state index is 10.8. The van der Waals surface area contributed by atoms with E-state index in [0.29, 0.717) is 10.9 Å². The largest absolute Gasteiger partial charge is 0.417 e. The number of nitrogens with zero attached hydrogens (tertiary/aromatic N) is 1. The Labute approximate surface area is 306 Å². The molecular formula is C45H44N2O4Si+. The van der Waals surface area contributed by atoms with Crippen LogP contribution in [0.4, 0.5) is 11.4 Å². The fraction of sp³-hybridized carbons (Fsp3) is 0.200. The summed E-state index contributed by atoms with van der Waals surface area (Å²) in [4.78, 5) is 18.7. The smallest absolute Gasteiger partial charge is 0.406 e. The van der Waals surface area contributed by atoms with Crippen molar-refractivity contribution < 1.29 is 20.0 Å². The molecule has 0 aromatic heterocycles. The summed E-state index contributed by atoms with van der Waals surface area (Å²) < 4.78 is 0. The van der Waals surface area contributed by atoms with Crippen molar-refractivity contribution in [3.05, 3.63) is 178 Å². The number of rotatable bonds is 12. The third-order valence-corrected chi connectivity index (χ3v) is 11.7. The Balaban J connectivity index is 1.23. The first-order valence-corrected chi connectivity index (χ1v) is 19.6. The highest BCUT2D eigenvalue weighted by atomic mass is 28.3. The molecule has 0 bridgehead atoms. The molecule has 1 fully saturated rings. The molecule has 6 aromatic rings. The molecule has 261 valence electrons. The van der Waals surface area contributed by atoms with Gasteiger partial charge in [0.05, 0.1) is 6.04 Å². The van der Waals surface area contributed by atoms with Crippen LogP contribution in [-0.2, 0) is 19.3 Å². The number of allylic oxidation sites excluding steroid dienone is 1. The molecule has 0 spiro atoms. The summed E-state index contributed by atoms with van der Waals surface area (Å²) in [6, 6.07) is 45.1. The summed E-state index contributed by atoms with van der Waals surface area (Å²) in [5.41, 5.74) is 10.2. The van der Waals surface area contributed by atoms with Crippen LogP contribution in [0.15, 0.2) is 140 Å². The molecule has 1 unspecified atom stereocenters. The highest BCUT2D eigenvalue weighted by Crippen LogP contribution is 2.43. The lowest BCUT2D eigenvalue weighted by molar-refractivity contribution is -0.297. The summed E-state index contributed by atoms with van der Waals surface area (Å²) in [7, 11) is -2.53. The topological polar surface area (TPSA) is 93.0 Å². The monoisotopic (exact) mass is 704 g/mol. The molecule has 52 heavy (non-hydrogen) atoms. The van der Waals surface area contributed by atoms with Crippen LogP contribution in [0.5, 0.6) is 0 Å². The van der Waals surface area contributed by atoms with Crippen LogP contribution < -0.4 is 15.3 Å². The van der Waals surface area contributed by atoms with Crippen molar-refractivity contribution in [1.29, 1.82) is 0 Å². The van der Waals surface area contributed by atoms with Crippen LogP contribution in [0.25, 0.3) is 16.8 Å². The van der Waals surface area contributed by atoms with E-state index in [-0.39, 0.29) is 18.0 Å². The van der Waals surface area contributed by atoms with E-state index in [1.807, 2.05) is 42.5 Å². The molecule has 0 saturated heterocycles. The Morgan fingerprint density at radius 2 is 1.29 bits per heavy atom. The zero-order chi connectivity index (χ0) is 35.7. The lowest BCUT2D eigenvalue weighted by Crippen LogP contribution is -2.44. The molecule has 0 heterocycles. The SMILES string of the molecule is O[Si](O)c1ccc([C@@H](Nc2c3c(c(CC(Cc4ccccc4)c4ccc([N+](O)(O)C5CC5)cc4)c4ccccc24)C=CCC3)c2ccccc2)cc1. The van der Waals surface area contributed by atoms with Gasteiger partial charge < -0.3 is 14.9 Å². The van der Waals surface area contributed by atoms with Crippen molar-refractivity contribution >= 4 is 42.7 Å². The van der Waals surface area contributed by atoms with Crippen molar-refractivity contribution in [1.82, 2.24) is 4.81 Å². The molecule has 2 atom stereocenters. The standard InChI is InChI=1S/C45H44N2O4Si/c48-47(49,37-25-26-37)36-23-19-32(20-24-36)35(29-31-11-3-1-4-12-31)30-43-39-15-7-9-17-41(39)45(42-18-10-8-16-40(42)43)46-44(33-13-5-2-6-14-33)34-21-27-38(28-22-34)52(50)51/h1-9,11-17,19-24,27-28,35,37,44,46,48-51H,10,18,25-26,29-30H2/q+1/t35?,44-/m0/s1. The van der Waals surface area contributed by atoms with Crippen LogP contribution in [0.2, 0.25) is 0 Å². The minimum absolute atomic E-state index is 0.151. The summed E-state index contributed by atoms with van der Waals surface area (Å²) in [5, 5.41) is 28.6. The second-order valence-corrected chi connectivity index (χ2v) is 15.5. The Kier molecular flexibility index (Phi) is 9.64. The molecule has 5 N–H and O–H groups in total. The molecule has 1 radical (unpaired) electrons. The van der Waals surface area contributed by atoms with E-state index < -0.39 is 14.1 Å². The number of hydroxylamine groups is 2. The Morgan fingerprint density at radius 3 is 1.96 bits per heavy atom. The van der Waals surface area contributed by atoms with Crippen LogP contribution in [0.3, 0.4) is 0 Å². The first-order chi connectivity index (χ1) is 25.4. The molecule has 8 rings (SSSR count). The van der Waals surface area contributed by atoms with E-state index >= 15 is 0 Å². The Bertz CT molecular complexity index is 2180. The van der Waals surface area contributed by atoms with E-state index in [4.69, 9.17) is 0 Å². The van der Waals surface area contributed by atoms with Crippen molar-refractivity contribution in [2.75, 3.05) is 5.32 Å². The third-order valence-electron chi connectivity index (χ3n) is 10.8. The molecule has 2 aliphatic carbocycles. The molecule has 0 aliphatic heterocycles. The van der Waals surface area contributed by atoms with E-state index in [0.717, 1.165) is 55.3 Å². The predicted molar refractivity (Wildman–Crippen MR) is 211 cm³/mol. The average Bonchev–Trinajstić information content (AvgIpc) is 4.05. The van der Waals surface area contributed by atoms with Gasteiger partial charge in [0.25, 0.3) is 0 Å². The van der Waals surface area contributed by atoms with Gasteiger partial charge in [0, 0.05) is 36.0 Å². The second-order valence-electron chi connectivity index (χ2n) is 14.2. The van der Waals surface area contributed by atoms with E-state index in [9.17, 15) is 20.0 Å². The average molecular weight is 705 g/mol. The van der Waals surface area contributed by atoms with Gasteiger partial charge in [-0.1, -0.05) is 133 Å². The Hall–Kier alpha value is -4.86. The number of nitrogens with one attached hydrogen (secondary N) is 1. The number of hydrogen-bond acceptors (Lipinski definition) is 5. The lowest BCUT2D eigenvalue weighted by Gasteiger charge is -2.29. The predicted octanol–water partition coefficient (Wildman–Crippen LogP) is 8.50. The van der Waals surface area contributed by atoms with Crippen molar-refractivity contribution in [3.8, 4) is 0 Å². The Morgan fingerprint density at radius 1 is 0.673 bits per heavy atom. The van der Waals surface area contributed by atoms with Gasteiger partial charge in [-0.25, -0.2) is 0 Å². The van der Waals surface area contributed by atoms with E-state index in [1.165, 1.54) is 38.6 Å². The van der Waals surface area contributed by atoms with Gasteiger partial charge in [0.1, 0.15) is 0 Å². The molecule has 6 nitrogen and oxygen atoms in total. The number of fused-ring (bicyclic) bond motifs is 2. The first-order valence-electron chi connectivity index (χ1n) is 18.2. The van der Waals surface area contributed by atoms with Crippen LogP contribution in [0, 0.1) is 0 Å². The highest BCUT2D eigenvalue weighted by molar-refractivity contribution is 6.58. The minimum atomic E-state index is -2.53. The number of benzene rings is 6. The van der Waals surface area contributed by atoms with Gasteiger partial charge >= 0.3 is 9.28 Å². The molecule has 0 amide bonds. The maximum Gasteiger partial charge on any atom is 0.417 e. The van der Waals surface area contributed by atoms with Gasteiger partial charge in [-0.3, -0.25) is 0 Å². The lowest BCUT2D eigenvalue weighted by atomic mass is 9.80. The summed E-state index contributed by atoms with van der Waals surface area (Å²) in [5.74, 6) is 0.151. The number of anilines is 1. The number of quaternary nitrogens is 1. The van der Waals surface area contributed by atoms with E-state index in [1.54, 1.807) is 0 Å². The summed E-state index contributed by atoms with van der Waals surface area (Å²) >= 11 is 0. The quantitative estimate of drug-likeness (QED) is 0.0501. The normalized spacial score (nSPS) is 15.4. The maximum atomic E-state index is 10.8. The van der Waals surface area contributed by atoms with Gasteiger partial charge in [-0.05, 0) is 85.9 Å². The fourth-order valence-corrected chi connectivity index (χ4v) is 8.37. The van der Waals surface area contributed by atoms with Crippen LogP contribution in [0.1, 0.15) is 70.2 Å².